The van der Waals surface area contributed by atoms with Crippen LogP contribution in [0.2, 0.25) is 0 Å². The molecule has 0 aliphatic rings. The maximum atomic E-state index is 6.07. The summed E-state index contributed by atoms with van der Waals surface area (Å²) < 4.78 is 7.13. The van der Waals surface area contributed by atoms with Gasteiger partial charge in [0.15, 0.2) is 0 Å². The van der Waals surface area contributed by atoms with Gasteiger partial charge in [-0.15, -0.1) is 0 Å². The van der Waals surface area contributed by atoms with E-state index in [2.05, 4.69) is 25.1 Å². The average Bonchev–Trinajstić information content (AvgIpc) is 2.73. The van der Waals surface area contributed by atoms with Gasteiger partial charge in [-0.05, 0) is 38.7 Å². The number of rotatable bonds is 7. The molecular weight excluding hydrogens is 202 g/mol. The number of ether oxygens (including phenoxy) is 1. The van der Waals surface area contributed by atoms with Crippen LogP contribution in [0.15, 0.2) is 12.4 Å². The average molecular weight is 225 g/mol. The van der Waals surface area contributed by atoms with E-state index in [4.69, 9.17) is 10.5 Å². The Hall–Kier alpha value is -0.870. The van der Waals surface area contributed by atoms with E-state index in [0.717, 1.165) is 25.8 Å². The molecule has 0 aliphatic carbocycles. The zero-order valence-corrected chi connectivity index (χ0v) is 10.5. The lowest BCUT2D eigenvalue weighted by molar-refractivity contribution is 0.107. The van der Waals surface area contributed by atoms with Crippen molar-refractivity contribution in [3.05, 3.63) is 18.0 Å². The van der Waals surface area contributed by atoms with Crippen molar-refractivity contribution in [2.24, 2.45) is 5.73 Å². The molecule has 2 N–H and O–H groups in total. The maximum absolute atomic E-state index is 6.07. The zero-order chi connectivity index (χ0) is 12.0. The number of hydrogen-bond donors (Lipinski definition) is 1. The lowest BCUT2D eigenvalue weighted by atomic mass is 10.0. The van der Waals surface area contributed by atoms with Crippen LogP contribution in [0.5, 0.6) is 0 Å². The van der Waals surface area contributed by atoms with Crippen LogP contribution in [-0.4, -0.2) is 29.0 Å². The Balaban J connectivity index is 2.30. The molecule has 4 heteroatoms. The molecule has 4 nitrogen and oxygen atoms in total. The van der Waals surface area contributed by atoms with Crippen molar-refractivity contribution < 1.29 is 4.74 Å². The summed E-state index contributed by atoms with van der Waals surface area (Å²) in [6.45, 7) is 5.06. The molecule has 1 rings (SSSR count). The Kier molecular flexibility index (Phi) is 5.49. The molecule has 1 heterocycles. The highest BCUT2D eigenvalue weighted by atomic mass is 16.5. The highest BCUT2D eigenvalue weighted by Gasteiger charge is 2.08. The number of hydrogen-bond acceptors (Lipinski definition) is 3. The first-order valence-electron chi connectivity index (χ1n) is 5.95. The number of methoxy groups -OCH3 is 1. The summed E-state index contributed by atoms with van der Waals surface area (Å²) in [5, 5.41) is 4.24. The first-order valence-corrected chi connectivity index (χ1v) is 5.95. The third kappa shape index (κ3) is 4.33. The van der Waals surface area contributed by atoms with Gasteiger partial charge in [0.2, 0.25) is 0 Å². The molecule has 2 unspecified atom stereocenters. The van der Waals surface area contributed by atoms with E-state index in [1.165, 1.54) is 5.56 Å². The molecule has 2 atom stereocenters. The Morgan fingerprint density at radius 1 is 1.50 bits per heavy atom. The zero-order valence-electron chi connectivity index (χ0n) is 10.5. The minimum atomic E-state index is 0.201. The van der Waals surface area contributed by atoms with E-state index < -0.39 is 0 Å². The summed E-state index contributed by atoms with van der Waals surface area (Å²) in [5.41, 5.74) is 7.29. The SMILES string of the molecule is CCn1cc(CC(N)CCC(C)OC)cn1. The number of nitrogens with zero attached hydrogens (tertiary/aromatic N) is 2. The molecule has 0 aromatic carbocycles. The summed E-state index contributed by atoms with van der Waals surface area (Å²) in [6, 6.07) is 0.201. The summed E-state index contributed by atoms with van der Waals surface area (Å²) in [5.74, 6) is 0. The van der Waals surface area contributed by atoms with Crippen molar-refractivity contribution >= 4 is 0 Å². The Labute approximate surface area is 97.8 Å². The number of aromatic nitrogens is 2. The van der Waals surface area contributed by atoms with E-state index in [1.54, 1.807) is 7.11 Å². The van der Waals surface area contributed by atoms with E-state index in [-0.39, 0.29) is 6.04 Å². The van der Waals surface area contributed by atoms with Crippen molar-refractivity contribution in [1.82, 2.24) is 9.78 Å². The molecule has 0 fully saturated rings. The molecule has 1 aromatic heterocycles. The van der Waals surface area contributed by atoms with Crippen molar-refractivity contribution in [2.45, 2.75) is 51.8 Å². The molecule has 0 saturated carbocycles. The topological polar surface area (TPSA) is 53.1 Å². The number of aryl methyl sites for hydroxylation is 1. The Bertz CT molecular complexity index is 298. The molecule has 0 radical (unpaired) electrons. The van der Waals surface area contributed by atoms with Gasteiger partial charge in [0, 0.05) is 25.9 Å². The highest BCUT2D eigenvalue weighted by molar-refractivity contribution is 5.05. The smallest absolute Gasteiger partial charge is 0.0543 e. The second-order valence-electron chi connectivity index (χ2n) is 4.29. The normalized spacial score (nSPS) is 15.0. The van der Waals surface area contributed by atoms with Crippen LogP contribution in [0.1, 0.15) is 32.3 Å². The van der Waals surface area contributed by atoms with E-state index >= 15 is 0 Å². The Morgan fingerprint density at radius 2 is 2.25 bits per heavy atom. The van der Waals surface area contributed by atoms with Gasteiger partial charge >= 0.3 is 0 Å². The van der Waals surface area contributed by atoms with Crippen LogP contribution >= 0.6 is 0 Å². The largest absolute Gasteiger partial charge is 0.382 e. The standard InChI is InChI=1S/C12H23N3O/c1-4-15-9-11(8-14-15)7-12(13)6-5-10(2)16-3/h8-10,12H,4-7,13H2,1-3H3. The van der Waals surface area contributed by atoms with Crippen LogP contribution in [-0.2, 0) is 17.7 Å². The molecule has 0 spiro atoms. The first-order chi connectivity index (χ1) is 7.65. The molecule has 0 aliphatic heterocycles. The quantitative estimate of drug-likeness (QED) is 0.766. The van der Waals surface area contributed by atoms with Crippen LogP contribution in [0.25, 0.3) is 0 Å². The maximum Gasteiger partial charge on any atom is 0.0543 e. The molecule has 92 valence electrons. The molecule has 1 aromatic rings. The van der Waals surface area contributed by atoms with Crippen LogP contribution in [0.3, 0.4) is 0 Å². The van der Waals surface area contributed by atoms with Gasteiger partial charge < -0.3 is 10.5 Å². The number of nitrogens with two attached hydrogens (primary N) is 1. The van der Waals surface area contributed by atoms with Gasteiger partial charge in [-0.2, -0.15) is 5.10 Å². The van der Waals surface area contributed by atoms with Gasteiger partial charge in [0.1, 0.15) is 0 Å². The van der Waals surface area contributed by atoms with Crippen LogP contribution in [0.4, 0.5) is 0 Å². The summed E-state index contributed by atoms with van der Waals surface area (Å²) in [6.07, 6.45) is 7.18. The minimum Gasteiger partial charge on any atom is -0.382 e. The van der Waals surface area contributed by atoms with Gasteiger partial charge in [0.25, 0.3) is 0 Å². The summed E-state index contributed by atoms with van der Waals surface area (Å²) in [7, 11) is 1.74. The second-order valence-corrected chi connectivity index (χ2v) is 4.29. The van der Waals surface area contributed by atoms with Crippen LogP contribution < -0.4 is 5.73 Å². The van der Waals surface area contributed by atoms with E-state index in [0.29, 0.717) is 6.10 Å². The monoisotopic (exact) mass is 225 g/mol. The van der Waals surface area contributed by atoms with Crippen LogP contribution in [0, 0.1) is 0 Å². The van der Waals surface area contributed by atoms with E-state index in [9.17, 15) is 0 Å². The molecule has 0 bridgehead atoms. The van der Waals surface area contributed by atoms with Gasteiger partial charge in [-0.1, -0.05) is 0 Å². The predicted octanol–water partition coefficient (Wildman–Crippen LogP) is 1.59. The first kappa shape index (κ1) is 13.2. The predicted molar refractivity (Wildman–Crippen MR) is 65.3 cm³/mol. The van der Waals surface area contributed by atoms with E-state index in [1.807, 2.05) is 10.9 Å². The molecule has 0 saturated heterocycles. The van der Waals surface area contributed by atoms with Gasteiger partial charge in [-0.25, -0.2) is 0 Å². The third-order valence-electron chi connectivity index (χ3n) is 2.85. The van der Waals surface area contributed by atoms with Crippen molar-refractivity contribution in [3.8, 4) is 0 Å². The highest BCUT2D eigenvalue weighted by Crippen LogP contribution is 2.08. The fraction of sp³-hybridized carbons (Fsp3) is 0.750. The van der Waals surface area contributed by atoms with Crippen molar-refractivity contribution in [1.29, 1.82) is 0 Å². The fourth-order valence-electron chi connectivity index (χ4n) is 1.66. The minimum absolute atomic E-state index is 0.201. The summed E-state index contributed by atoms with van der Waals surface area (Å²) >= 11 is 0. The molecule has 16 heavy (non-hydrogen) atoms. The molecular formula is C12H23N3O. The lowest BCUT2D eigenvalue weighted by Gasteiger charge is -2.13. The Morgan fingerprint density at radius 3 is 2.81 bits per heavy atom. The third-order valence-corrected chi connectivity index (χ3v) is 2.85. The summed E-state index contributed by atoms with van der Waals surface area (Å²) in [4.78, 5) is 0. The second kappa shape index (κ2) is 6.66. The lowest BCUT2D eigenvalue weighted by Crippen LogP contribution is -2.24. The molecule has 0 amide bonds. The van der Waals surface area contributed by atoms with Gasteiger partial charge in [0.05, 0.1) is 12.3 Å². The van der Waals surface area contributed by atoms with Gasteiger partial charge in [-0.3, -0.25) is 4.68 Å². The van der Waals surface area contributed by atoms with Crippen molar-refractivity contribution in [3.63, 3.8) is 0 Å². The fourth-order valence-corrected chi connectivity index (χ4v) is 1.66. The van der Waals surface area contributed by atoms with Crippen molar-refractivity contribution in [2.75, 3.05) is 7.11 Å².